The van der Waals surface area contributed by atoms with Crippen LogP contribution in [0.25, 0.3) is 6.08 Å². The molecule has 2 aromatic rings. The number of rotatable bonds is 6. The monoisotopic (exact) mass is 360 g/mol. The molecule has 0 radical (unpaired) electrons. The average Bonchev–Trinajstić information content (AvgIpc) is 2.56. The summed E-state index contributed by atoms with van der Waals surface area (Å²) in [6.45, 7) is 2.03. The summed E-state index contributed by atoms with van der Waals surface area (Å²) in [4.78, 5) is 0. The van der Waals surface area contributed by atoms with Crippen LogP contribution in [-0.4, -0.2) is 15.0 Å². The Morgan fingerprint density at radius 2 is 1.75 bits per heavy atom. The lowest BCUT2D eigenvalue weighted by atomic mass is 10.2. The third-order valence-corrected chi connectivity index (χ3v) is 5.10. The second-order valence-electron chi connectivity index (χ2n) is 5.22. The first kappa shape index (κ1) is 18.1. The molecule has 0 unspecified atom stereocenters. The van der Waals surface area contributed by atoms with Gasteiger partial charge in [0.15, 0.2) is 0 Å². The molecule has 6 heteroatoms. The van der Waals surface area contributed by atoms with Gasteiger partial charge in [-0.2, -0.15) is 5.26 Å². The lowest BCUT2D eigenvalue weighted by Crippen LogP contribution is -2.30. The van der Waals surface area contributed by atoms with E-state index < -0.39 is 10.0 Å². The molecule has 0 aromatic heterocycles. The molecular weight excluding hydrogens is 344 g/mol. The van der Waals surface area contributed by atoms with Gasteiger partial charge in [-0.25, -0.2) is 8.42 Å². The van der Waals surface area contributed by atoms with Crippen LogP contribution in [0.5, 0.6) is 0 Å². The maximum atomic E-state index is 12.7. The number of sulfonamides is 1. The van der Waals surface area contributed by atoms with Gasteiger partial charge in [0.1, 0.15) is 0 Å². The van der Waals surface area contributed by atoms with Crippen LogP contribution in [0.3, 0.4) is 0 Å². The number of benzene rings is 2. The molecule has 0 saturated heterocycles. The molecule has 0 aliphatic carbocycles. The molecule has 0 N–H and O–H groups in total. The van der Waals surface area contributed by atoms with Crippen LogP contribution < -0.4 is 4.31 Å². The normalized spacial score (nSPS) is 11.4. The fourth-order valence-electron chi connectivity index (χ4n) is 2.08. The standard InChI is InChI=1S/C18H17ClN2O2S/c1-15-3-9-18(10-4-15)21(13-2-12-20)24(22,23)14-11-16-5-7-17(19)8-6-16/h3-11,14H,2,13H2,1H3/b14-11+. The number of aryl methyl sites for hydroxylation is 1. The van der Waals surface area contributed by atoms with E-state index in [2.05, 4.69) is 0 Å². The topological polar surface area (TPSA) is 61.2 Å². The molecule has 24 heavy (non-hydrogen) atoms. The van der Waals surface area contributed by atoms with Crippen LogP contribution >= 0.6 is 11.6 Å². The highest BCUT2D eigenvalue weighted by atomic mass is 35.5. The Bertz CT molecular complexity index is 851. The van der Waals surface area contributed by atoms with E-state index in [4.69, 9.17) is 16.9 Å². The minimum Gasteiger partial charge on any atom is -0.266 e. The first-order valence-electron chi connectivity index (χ1n) is 7.32. The molecule has 0 spiro atoms. The molecule has 0 heterocycles. The van der Waals surface area contributed by atoms with E-state index in [1.54, 1.807) is 36.4 Å². The van der Waals surface area contributed by atoms with Crippen molar-refractivity contribution < 1.29 is 8.42 Å². The quantitative estimate of drug-likeness (QED) is 0.768. The summed E-state index contributed by atoms with van der Waals surface area (Å²) in [5.41, 5.74) is 2.30. The van der Waals surface area contributed by atoms with Gasteiger partial charge in [-0.1, -0.05) is 41.4 Å². The predicted molar refractivity (Wildman–Crippen MR) is 98.2 cm³/mol. The maximum Gasteiger partial charge on any atom is 0.257 e. The van der Waals surface area contributed by atoms with Crippen molar-refractivity contribution in [1.29, 1.82) is 5.26 Å². The number of hydrogen-bond donors (Lipinski definition) is 0. The Labute approximate surface area is 147 Å². The lowest BCUT2D eigenvalue weighted by molar-refractivity contribution is 0.600. The SMILES string of the molecule is Cc1ccc(N(CCC#N)S(=O)(=O)/C=C/c2ccc(Cl)cc2)cc1. The van der Waals surface area contributed by atoms with E-state index in [-0.39, 0.29) is 13.0 Å². The third-order valence-electron chi connectivity index (χ3n) is 3.36. The number of nitrogens with zero attached hydrogens (tertiary/aromatic N) is 2. The van der Waals surface area contributed by atoms with Crippen LogP contribution in [0.1, 0.15) is 17.5 Å². The minimum absolute atomic E-state index is 0.104. The van der Waals surface area contributed by atoms with Crippen molar-refractivity contribution in [2.45, 2.75) is 13.3 Å². The van der Waals surface area contributed by atoms with Crippen LogP contribution in [0.2, 0.25) is 5.02 Å². The van der Waals surface area contributed by atoms with Crippen LogP contribution in [-0.2, 0) is 10.0 Å². The van der Waals surface area contributed by atoms with Crippen molar-refractivity contribution >= 4 is 33.4 Å². The molecule has 2 rings (SSSR count). The van der Waals surface area contributed by atoms with Crippen LogP contribution in [0.15, 0.2) is 53.9 Å². The Balaban J connectivity index is 2.31. The first-order valence-corrected chi connectivity index (χ1v) is 9.20. The molecule has 0 amide bonds. The fourth-order valence-corrected chi connectivity index (χ4v) is 3.44. The predicted octanol–water partition coefficient (Wildman–Crippen LogP) is 4.37. The van der Waals surface area contributed by atoms with Crippen molar-refractivity contribution in [3.63, 3.8) is 0 Å². The van der Waals surface area contributed by atoms with E-state index in [0.717, 1.165) is 16.5 Å². The summed E-state index contributed by atoms with van der Waals surface area (Å²) in [5, 5.41) is 10.5. The first-order chi connectivity index (χ1) is 11.4. The number of anilines is 1. The van der Waals surface area contributed by atoms with Crippen molar-refractivity contribution in [3.05, 3.63) is 70.1 Å². The second kappa shape index (κ2) is 8.00. The molecule has 0 bridgehead atoms. The largest absolute Gasteiger partial charge is 0.266 e. The van der Waals surface area contributed by atoms with E-state index in [1.807, 2.05) is 25.1 Å². The Morgan fingerprint density at radius 1 is 1.12 bits per heavy atom. The van der Waals surface area contributed by atoms with Gasteiger partial charge in [0.2, 0.25) is 0 Å². The second-order valence-corrected chi connectivity index (χ2v) is 7.39. The van der Waals surface area contributed by atoms with Crippen LogP contribution in [0.4, 0.5) is 5.69 Å². The van der Waals surface area contributed by atoms with Crippen LogP contribution in [0, 0.1) is 18.3 Å². The highest BCUT2D eigenvalue weighted by Gasteiger charge is 2.19. The van der Waals surface area contributed by atoms with E-state index in [1.165, 1.54) is 10.4 Å². The zero-order valence-electron chi connectivity index (χ0n) is 13.2. The van der Waals surface area contributed by atoms with Gasteiger partial charge in [0.05, 0.1) is 23.6 Å². The molecule has 2 aromatic carbocycles. The number of hydrogen-bond acceptors (Lipinski definition) is 3. The Kier molecular flexibility index (Phi) is 6.02. The average molecular weight is 361 g/mol. The molecule has 4 nitrogen and oxygen atoms in total. The summed E-state index contributed by atoms with van der Waals surface area (Å²) in [6, 6.07) is 16.0. The summed E-state index contributed by atoms with van der Waals surface area (Å²) < 4.78 is 26.6. The zero-order chi connectivity index (χ0) is 17.6. The van der Waals surface area contributed by atoms with Gasteiger partial charge in [-0.05, 0) is 42.8 Å². The molecule has 0 atom stereocenters. The highest BCUT2D eigenvalue weighted by Crippen LogP contribution is 2.21. The van der Waals surface area contributed by atoms with Crippen molar-refractivity contribution in [2.75, 3.05) is 10.8 Å². The molecule has 0 fully saturated rings. The fraction of sp³-hybridized carbons (Fsp3) is 0.167. The molecule has 124 valence electrons. The van der Waals surface area contributed by atoms with Gasteiger partial charge in [-0.15, -0.1) is 0 Å². The molecule has 0 saturated carbocycles. The maximum absolute atomic E-state index is 12.7. The third kappa shape index (κ3) is 4.85. The van der Waals surface area contributed by atoms with Gasteiger partial charge in [0.25, 0.3) is 10.0 Å². The van der Waals surface area contributed by atoms with Crippen molar-refractivity contribution in [2.24, 2.45) is 0 Å². The summed E-state index contributed by atoms with van der Waals surface area (Å²) in [6.07, 6.45) is 1.63. The van der Waals surface area contributed by atoms with Crippen molar-refractivity contribution in [3.8, 4) is 6.07 Å². The smallest absolute Gasteiger partial charge is 0.257 e. The zero-order valence-corrected chi connectivity index (χ0v) is 14.8. The Morgan fingerprint density at radius 3 is 2.33 bits per heavy atom. The van der Waals surface area contributed by atoms with Gasteiger partial charge in [0, 0.05) is 11.6 Å². The molecule has 0 aliphatic rings. The summed E-state index contributed by atoms with van der Waals surface area (Å²) >= 11 is 5.82. The van der Waals surface area contributed by atoms with Crippen molar-refractivity contribution in [1.82, 2.24) is 0 Å². The highest BCUT2D eigenvalue weighted by molar-refractivity contribution is 7.95. The number of halogens is 1. The van der Waals surface area contributed by atoms with E-state index >= 15 is 0 Å². The Hall–Kier alpha value is -2.29. The summed E-state index contributed by atoms with van der Waals surface area (Å²) in [7, 11) is -3.70. The summed E-state index contributed by atoms with van der Waals surface area (Å²) in [5.74, 6) is 0. The van der Waals surface area contributed by atoms with Gasteiger partial charge in [-0.3, -0.25) is 4.31 Å². The lowest BCUT2D eigenvalue weighted by Gasteiger charge is -2.21. The number of nitriles is 1. The van der Waals surface area contributed by atoms with E-state index in [9.17, 15) is 8.42 Å². The van der Waals surface area contributed by atoms with E-state index in [0.29, 0.717) is 10.7 Å². The minimum atomic E-state index is -3.70. The van der Waals surface area contributed by atoms with Gasteiger partial charge < -0.3 is 0 Å². The molecular formula is C18H17ClN2O2S. The molecule has 0 aliphatic heterocycles. The van der Waals surface area contributed by atoms with Gasteiger partial charge >= 0.3 is 0 Å².